The highest BCUT2D eigenvalue weighted by Crippen LogP contribution is 2.37. The maximum Gasteiger partial charge on any atom is 0.306 e. The lowest BCUT2D eigenvalue weighted by Crippen LogP contribution is -2.39. The van der Waals surface area contributed by atoms with E-state index in [2.05, 4.69) is 37.9 Å². The van der Waals surface area contributed by atoms with Crippen LogP contribution in [0.4, 0.5) is 0 Å². The van der Waals surface area contributed by atoms with Crippen LogP contribution in [0, 0.1) is 5.92 Å². The summed E-state index contributed by atoms with van der Waals surface area (Å²) in [4.78, 5) is 18.9. The quantitative estimate of drug-likeness (QED) is 0.876. The molecule has 2 aromatic heterocycles. The van der Waals surface area contributed by atoms with Gasteiger partial charge in [-0.15, -0.1) is 11.3 Å². The van der Waals surface area contributed by atoms with Gasteiger partial charge in [-0.25, -0.2) is 0 Å². The SMILES string of the molecule is O=C(O)C1CCN(C(c2ccncc2)c2ccc(Br)s2)CC1. The number of thiophene rings is 1. The minimum absolute atomic E-state index is 0.175. The van der Waals surface area contributed by atoms with E-state index in [4.69, 9.17) is 5.11 Å². The fourth-order valence-electron chi connectivity index (χ4n) is 2.98. The van der Waals surface area contributed by atoms with E-state index in [9.17, 15) is 4.79 Å². The van der Waals surface area contributed by atoms with Gasteiger partial charge in [0.25, 0.3) is 0 Å². The first kappa shape index (κ1) is 15.6. The lowest BCUT2D eigenvalue weighted by atomic mass is 9.94. The van der Waals surface area contributed by atoms with Crippen LogP contribution in [0.5, 0.6) is 0 Å². The van der Waals surface area contributed by atoms with Gasteiger partial charge in [0.1, 0.15) is 0 Å². The highest BCUT2D eigenvalue weighted by Gasteiger charge is 2.30. The summed E-state index contributed by atoms with van der Waals surface area (Å²) in [7, 11) is 0. The highest BCUT2D eigenvalue weighted by molar-refractivity contribution is 9.11. The number of aromatic nitrogens is 1. The van der Waals surface area contributed by atoms with E-state index in [-0.39, 0.29) is 12.0 Å². The lowest BCUT2D eigenvalue weighted by molar-refractivity contribution is -0.143. The Kier molecular flexibility index (Phi) is 4.90. The number of nitrogens with zero attached hydrogens (tertiary/aromatic N) is 2. The van der Waals surface area contributed by atoms with Crippen LogP contribution in [0.25, 0.3) is 0 Å². The molecule has 0 bridgehead atoms. The van der Waals surface area contributed by atoms with E-state index in [0.717, 1.165) is 16.9 Å². The topological polar surface area (TPSA) is 53.4 Å². The zero-order valence-electron chi connectivity index (χ0n) is 12.0. The number of hydrogen-bond acceptors (Lipinski definition) is 4. The van der Waals surface area contributed by atoms with Crippen molar-refractivity contribution in [2.75, 3.05) is 13.1 Å². The van der Waals surface area contributed by atoms with Gasteiger partial charge in [-0.2, -0.15) is 0 Å². The van der Waals surface area contributed by atoms with E-state index in [0.29, 0.717) is 12.8 Å². The summed E-state index contributed by atoms with van der Waals surface area (Å²) in [6.07, 6.45) is 5.05. The van der Waals surface area contributed by atoms with E-state index in [1.165, 1.54) is 10.4 Å². The van der Waals surface area contributed by atoms with Crippen molar-refractivity contribution in [3.63, 3.8) is 0 Å². The number of rotatable bonds is 4. The third-order valence-corrected chi connectivity index (χ3v) is 5.81. The van der Waals surface area contributed by atoms with Gasteiger partial charge in [-0.3, -0.25) is 14.7 Å². The van der Waals surface area contributed by atoms with Crippen LogP contribution in [0.15, 0.2) is 40.4 Å². The van der Waals surface area contributed by atoms with Crippen molar-refractivity contribution in [2.24, 2.45) is 5.92 Å². The molecule has 116 valence electrons. The molecule has 0 amide bonds. The molecule has 0 spiro atoms. The zero-order chi connectivity index (χ0) is 15.5. The molecule has 1 aliphatic rings. The Hall–Kier alpha value is -1.24. The van der Waals surface area contributed by atoms with Crippen molar-refractivity contribution in [3.05, 3.63) is 50.9 Å². The molecule has 1 unspecified atom stereocenters. The van der Waals surface area contributed by atoms with Gasteiger partial charge in [0.2, 0.25) is 0 Å². The summed E-state index contributed by atoms with van der Waals surface area (Å²) in [6.45, 7) is 1.61. The summed E-state index contributed by atoms with van der Waals surface area (Å²) in [5.74, 6) is -0.872. The molecule has 1 N–H and O–H groups in total. The van der Waals surface area contributed by atoms with Gasteiger partial charge in [0.05, 0.1) is 15.7 Å². The number of aliphatic carboxylic acids is 1. The molecule has 3 heterocycles. The van der Waals surface area contributed by atoms with Crippen LogP contribution in [0.2, 0.25) is 0 Å². The molecule has 0 aromatic carbocycles. The molecule has 22 heavy (non-hydrogen) atoms. The van der Waals surface area contributed by atoms with Gasteiger partial charge in [-0.05, 0) is 71.7 Å². The van der Waals surface area contributed by atoms with E-state index in [1.807, 2.05) is 24.5 Å². The number of pyridine rings is 1. The summed E-state index contributed by atoms with van der Waals surface area (Å²) in [5.41, 5.74) is 1.21. The number of carboxylic acids is 1. The molecule has 1 atom stereocenters. The Morgan fingerprint density at radius 1 is 1.27 bits per heavy atom. The van der Waals surface area contributed by atoms with Gasteiger partial charge in [-0.1, -0.05) is 0 Å². The maximum atomic E-state index is 11.1. The van der Waals surface area contributed by atoms with E-state index < -0.39 is 5.97 Å². The minimum atomic E-state index is -0.668. The van der Waals surface area contributed by atoms with Crippen LogP contribution in [0.1, 0.15) is 29.3 Å². The summed E-state index contributed by atoms with van der Waals surface area (Å²) in [5, 5.41) is 9.17. The molecule has 1 fully saturated rings. The second kappa shape index (κ2) is 6.89. The average molecular weight is 381 g/mol. The summed E-state index contributed by atoms with van der Waals surface area (Å²) >= 11 is 5.27. The first-order chi connectivity index (χ1) is 10.6. The molecular formula is C16H17BrN2O2S. The second-order valence-electron chi connectivity index (χ2n) is 5.47. The van der Waals surface area contributed by atoms with Crippen molar-refractivity contribution in [2.45, 2.75) is 18.9 Å². The molecule has 2 aromatic rings. The summed E-state index contributed by atoms with van der Waals surface area (Å²) in [6, 6.07) is 8.47. The number of halogens is 1. The molecule has 0 saturated carbocycles. The van der Waals surface area contributed by atoms with Gasteiger partial charge in [0.15, 0.2) is 0 Å². The van der Waals surface area contributed by atoms with Crippen molar-refractivity contribution in [1.82, 2.24) is 9.88 Å². The lowest BCUT2D eigenvalue weighted by Gasteiger charge is -2.36. The third-order valence-electron chi connectivity index (χ3n) is 4.13. The monoisotopic (exact) mass is 380 g/mol. The number of hydrogen-bond donors (Lipinski definition) is 1. The fourth-order valence-corrected chi connectivity index (χ4v) is 4.57. The molecule has 3 rings (SSSR count). The number of carbonyl (C=O) groups is 1. The average Bonchev–Trinajstić information content (AvgIpc) is 2.95. The van der Waals surface area contributed by atoms with Crippen LogP contribution in [-0.2, 0) is 4.79 Å². The van der Waals surface area contributed by atoms with Crippen molar-refractivity contribution < 1.29 is 9.90 Å². The predicted molar refractivity (Wildman–Crippen MR) is 90.0 cm³/mol. The molecule has 4 nitrogen and oxygen atoms in total. The smallest absolute Gasteiger partial charge is 0.306 e. The Labute approximate surface area is 141 Å². The Morgan fingerprint density at radius 3 is 2.50 bits per heavy atom. The van der Waals surface area contributed by atoms with Crippen LogP contribution in [-0.4, -0.2) is 34.0 Å². The van der Waals surface area contributed by atoms with Gasteiger partial charge >= 0.3 is 5.97 Å². The first-order valence-corrected chi connectivity index (χ1v) is 8.88. The van der Waals surface area contributed by atoms with E-state index in [1.54, 1.807) is 11.3 Å². The standard InChI is InChI=1S/C16H17BrN2O2S/c17-14-2-1-13(22-14)15(11-3-7-18-8-4-11)19-9-5-12(6-10-19)16(20)21/h1-4,7-8,12,15H,5-6,9-10H2,(H,20,21). The Bertz CT molecular complexity index is 639. The molecule has 1 aliphatic heterocycles. The molecule has 6 heteroatoms. The number of carboxylic acid groups (broad SMARTS) is 1. The normalized spacial score (nSPS) is 18.2. The second-order valence-corrected chi connectivity index (χ2v) is 7.97. The number of piperidine rings is 1. The summed E-state index contributed by atoms with van der Waals surface area (Å²) < 4.78 is 1.11. The van der Waals surface area contributed by atoms with Crippen molar-refractivity contribution >= 4 is 33.2 Å². The molecular weight excluding hydrogens is 364 g/mol. The van der Waals surface area contributed by atoms with E-state index >= 15 is 0 Å². The van der Waals surface area contributed by atoms with Crippen molar-refractivity contribution in [3.8, 4) is 0 Å². The fraction of sp³-hybridized carbons (Fsp3) is 0.375. The molecule has 0 radical (unpaired) electrons. The molecule has 1 saturated heterocycles. The largest absolute Gasteiger partial charge is 0.481 e. The highest BCUT2D eigenvalue weighted by atomic mass is 79.9. The maximum absolute atomic E-state index is 11.1. The first-order valence-electron chi connectivity index (χ1n) is 7.27. The van der Waals surface area contributed by atoms with Crippen molar-refractivity contribution in [1.29, 1.82) is 0 Å². The predicted octanol–water partition coefficient (Wildman–Crippen LogP) is 3.79. The third kappa shape index (κ3) is 3.39. The minimum Gasteiger partial charge on any atom is -0.481 e. The van der Waals surface area contributed by atoms with Gasteiger partial charge < -0.3 is 5.11 Å². The number of likely N-dealkylation sites (tertiary alicyclic amines) is 1. The van der Waals surface area contributed by atoms with Crippen LogP contribution < -0.4 is 0 Å². The Balaban J connectivity index is 1.85. The van der Waals surface area contributed by atoms with Gasteiger partial charge in [0, 0.05) is 17.3 Å². The van der Waals surface area contributed by atoms with Crippen LogP contribution in [0.3, 0.4) is 0 Å². The Morgan fingerprint density at radius 2 is 1.95 bits per heavy atom. The molecule has 0 aliphatic carbocycles. The van der Waals surface area contributed by atoms with Crippen LogP contribution >= 0.6 is 27.3 Å². The zero-order valence-corrected chi connectivity index (χ0v) is 14.4.